The summed E-state index contributed by atoms with van der Waals surface area (Å²) in [5.41, 5.74) is 2.25. The van der Waals surface area contributed by atoms with Crippen LogP contribution in [0.1, 0.15) is 38.1 Å². The Morgan fingerprint density at radius 1 is 1.33 bits per heavy atom. The third-order valence-corrected chi connectivity index (χ3v) is 4.89. The molecule has 1 aliphatic heterocycles. The zero-order valence-electron chi connectivity index (χ0n) is 13.2. The Labute approximate surface area is 135 Å². The number of hydrogen-bond donors (Lipinski definition) is 0. The maximum atomic E-state index is 12.2. The van der Waals surface area contributed by atoms with Crippen molar-refractivity contribution in [3.05, 3.63) is 15.9 Å². The van der Waals surface area contributed by atoms with E-state index < -0.39 is 0 Å². The van der Waals surface area contributed by atoms with E-state index >= 15 is 0 Å². The first kappa shape index (κ1) is 16.5. The van der Waals surface area contributed by atoms with Gasteiger partial charge in [-0.3, -0.25) is 14.4 Å². The molecule has 6 heteroatoms. The topological polar surface area (TPSA) is 41.4 Å². The first-order valence-corrected chi connectivity index (χ1v) is 8.56. The van der Waals surface area contributed by atoms with Crippen LogP contribution in [0.15, 0.2) is 4.47 Å². The molecule has 0 bridgehead atoms. The first-order valence-electron chi connectivity index (χ1n) is 7.77. The second-order valence-corrected chi connectivity index (χ2v) is 6.43. The summed E-state index contributed by atoms with van der Waals surface area (Å²) < 4.78 is 3.12. The third-order valence-electron chi connectivity index (χ3n) is 3.98. The fourth-order valence-electron chi connectivity index (χ4n) is 2.78. The van der Waals surface area contributed by atoms with E-state index in [2.05, 4.69) is 39.8 Å². The lowest BCUT2D eigenvalue weighted by Crippen LogP contribution is -2.37. The molecular weight excluding hydrogens is 332 g/mol. The van der Waals surface area contributed by atoms with Gasteiger partial charge in [0.1, 0.15) is 0 Å². The molecular formula is C15H25BrN4O. The van der Waals surface area contributed by atoms with Crippen molar-refractivity contribution in [2.75, 3.05) is 26.7 Å². The molecule has 118 valence electrons. The molecule has 1 amide bonds. The van der Waals surface area contributed by atoms with Crippen LogP contribution in [0.2, 0.25) is 0 Å². The van der Waals surface area contributed by atoms with Crippen molar-refractivity contribution in [2.24, 2.45) is 0 Å². The van der Waals surface area contributed by atoms with Crippen LogP contribution < -0.4 is 0 Å². The van der Waals surface area contributed by atoms with E-state index in [0.717, 1.165) is 61.3 Å². The van der Waals surface area contributed by atoms with Gasteiger partial charge in [-0.05, 0) is 49.2 Å². The average molecular weight is 357 g/mol. The average Bonchev–Trinajstić information content (AvgIpc) is 3.08. The van der Waals surface area contributed by atoms with Gasteiger partial charge < -0.3 is 4.90 Å². The van der Waals surface area contributed by atoms with Gasteiger partial charge in [0.15, 0.2) is 0 Å². The number of aryl methyl sites for hydroxylation is 2. The van der Waals surface area contributed by atoms with Crippen LogP contribution in [0.25, 0.3) is 0 Å². The Morgan fingerprint density at radius 3 is 2.57 bits per heavy atom. The van der Waals surface area contributed by atoms with Crippen LogP contribution in [0.5, 0.6) is 0 Å². The molecule has 0 spiro atoms. The van der Waals surface area contributed by atoms with Crippen LogP contribution in [0.4, 0.5) is 0 Å². The molecule has 1 fully saturated rings. The van der Waals surface area contributed by atoms with E-state index in [4.69, 9.17) is 0 Å². The van der Waals surface area contributed by atoms with E-state index in [1.165, 1.54) is 0 Å². The summed E-state index contributed by atoms with van der Waals surface area (Å²) in [5, 5.41) is 4.60. The number of carbonyl (C=O) groups is 1. The van der Waals surface area contributed by atoms with Crippen molar-refractivity contribution < 1.29 is 4.79 Å². The van der Waals surface area contributed by atoms with Gasteiger partial charge in [0.2, 0.25) is 5.91 Å². The fourth-order valence-corrected chi connectivity index (χ4v) is 3.47. The highest BCUT2D eigenvalue weighted by atomic mass is 79.9. The maximum absolute atomic E-state index is 12.2. The Bertz CT molecular complexity index is 494. The van der Waals surface area contributed by atoms with Gasteiger partial charge in [0.05, 0.1) is 22.4 Å². The summed E-state index contributed by atoms with van der Waals surface area (Å²) in [6.07, 6.45) is 3.20. The zero-order chi connectivity index (χ0) is 15.4. The van der Waals surface area contributed by atoms with Crippen molar-refractivity contribution in [3.63, 3.8) is 0 Å². The second kappa shape index (κ2) is 7.40. The van der Waals surface area contributed by atoms with Gasteiger partial charge in [-0.25, -0.2) is 0 Å². The minimum absolute atomic E-state index is 0.240. The summed E-state index contributed by atoms with van der Waals surface area (Å²) in [6.45, 7) is 8.10. The predicted molar refractivity (Wildman–Crippen MR) is 87.1 cm³/mol. The molecule has 1 aromatic rings. The number of carbonyl (C=O) groups excluding carboxylic acids is 1. The second-order valence-electron chi connectivity index (χ2n) is 5.64. The number of halogens is 1. The van der Waals surface area contributed by atoms with Gasteiger partial charge in [-0.2, -0.15) is 5.10 Å². The summed E-state index contributed by atoms with van der Waals surface area (Å²) in [4.78, 5) is 16.2. The van der Waals surface area contributed by atoms with E-state index in [9.17, 15) is 4.79 Å². The monoisotopic (exact) mass is 356 g/mol. The summed E-state index contributed by atoms with van der Waals surface area (Å²) in [7, 11) is 2.00. The van der Waals surface area contributed by atoms with Gasteiger partial charge in [-0.1, -0.05) is 6.92 Å². The first-order chi connectivity index (χ1) is 10.1. The van der Waals surface area contributed by atoms with Crippen molar-refractivity contribution in [2.45, 2.75) is 46.2 Å². The van der Waals surface area contributed by atoms with Crippen molar-refractivity contribution in [1.82, 2.24) is 19.6 Å². The van der Waals surface area contributed by atoms with Crippen molar-refractivity contribution in [1.29, 1.82) is 0 Å². The van der Waals surface area contributed by atoms with Crippen LogP contribution in [-0.4, -0.2) is 52.2 Å². The van der Waals surface area contributed by atoms with Crippen LogP contribution in [0.3, 0.4) is 0 Å². The molecule has 1 aliphatic rings. The Balaban J connectivity index is 2.00. The lowest BCUT2D eigenvalue weighted by atomic mass is 10.3. The zero-order valence-corrected chi connectivity index (χ0v) is 14.8. The predicted octanol–water partition coefficient (Wildman–Crippen LogP) is 2.28. The molecule has 1 aromatic heterocycles. The highest BCUT2D eigenvalue weighted by molar-refractivity contribution is 9.10. The summed E-state index contributed by atoms with van der Waals surface area (Å²) >= 11 is 3.66. The van der Waals surface area contributed by atoms with E-state index in [1.807, 2.05) is 16.6 Å². The fraction of sp³-hybridized carbons (Fsp3) is 0.733. The molecule has 5 nitrogen and oxygen atoms in total. The Kier molecular flexibility index (Phi) is 5.81. The van der Waals surface area contributed by atoms with Crippen molar-refractivity contribution >= 4 is 21.8 Å². The minimum atomic E-state index is 0.240. The van der Waals surface area contributed by atoms with Crippen molar-refractivity contribution in [3.8, 4) is 0 Å². The largest absolute Gasteiger partial charge is 0.342 e. The summed E-state index contributed by atoms with van der Waals surface area (Å²) in [6, 6.07) is 0. The van der Waals surface area contributed by atoms with Crippen LogP contribution >= 0.6 is 15.9 Å². The number of amides is 1. The number of nitrogens with zero attached hydrogens (tertiary/aromatic N) is 4. The highest BCUT2D eigenvalue weighted by Crippen LogP contribution is 2.23. The standard InChI is InChI=1S/C15H25BrN4O/c1-4-12-15(16)13(20(5-2)17-12)10-18(3)11-14(21)19-8-6-7-9-19/h4-11H2,1-3H3. The van der Waals surface area contributed by atoms with E-state index in [-0.39, 0.29) is 5.91 Å². The molecule has 21 heavy (non-hydrogen) atoms. The molecule has 0 N–H and O–H groups in total. The Hall–Kier alpha value is -0.880. The third kappa shape index (κ3) is 3.86. The SMILES string of the molecule is CCc1nn(CC)c(CN(C)CC(=O)N2CCCC2)c1Br. The Morgan fingerprint density at radius 2 is 2.00 bits per heavy atom. The smallest absolute Gasteiger partial charge is 0.236 e. The molecule has 1 saturated heterocycles. The highest BCUT2D eigenvalue weighted by Gasteiger charge is 2.21. The number of likely N-dealkylation sites (N-methyl/N-ethyl adjacent to an activating group) is 1. The molecule has 0 radical (unpaired) electrons. The van der Waals surface area contributed by atoms with Gasteiger partial charge >= 0.3 is 0 Å². The maximum Gasteiger partial charge on any atom is 0.236 e. The molecule has 0 aliphatic carbocycles. The minimum Gasteiger partial charge on any atom is -0.342 e. The molecule has 2 heterocycles. The van der Waals surface area contributed by atoms with E-state index in [1.54, 1.807) is 0 Å². The normalized spacial score (nSPS) is 15.2. The molecule has 0 atom stereocenters. The molecule has 0 unspecified atom stereocenters. The molecule has 0 aromatic carbocycles. The number of likely N-dealkylation sites (tertiary alicyclic amines) is 1. The van der Waals surface area contributed by atoms with Gasteiger partial charge in [0, 0.05) is 26.2 Å². The summed E-state index contributed by atoms with van der Waals surface area (Å²) in [5.74, 6) is 0.240. The lowest BCUT2D eigenvalue weighted by Gasteiger charge is -2.21. The number of rotatable bonds is 6. The van der Waals surface area contributed by atoms with Gasteiger partial charge in [-0.15, -0.1) is 0 Å². The van der Waals surface area contributed by atoms with E-state index in [0.29, 0.717) is 6.54 Å². The number of hydrogen-bond acceptors (Lipinski definition) is 3. The van der Waals surface area contributed by atoms with Crippen LogP contribution in [0, 0.1) is 0 Å². The lowest BCUT2D eigenvalue weighted by molar-refractivity contribution is -0.131. The van der Waals surface area contributed by atoms with Gasteiger partial charge in [0.25, 0.3) is 0 Å². The molecule has 2 rings (SSSR count). The van der Waals surface area contributed by atoms with Crippen LogP contribution in [-0.2, 0) is 24.3 Å². The number of aromatic nitrogens is 2. The quantitative estimate of drug-likeness (QED) is 0.785. The molecule has 0 saturated carbocycles.